The second kappa shape index (κ2) is 3.71. The molecule has 13 heavy (non-hydrogen) atoms. The Bertz CT molecular complexity index is 361. The van der Waals surface area contributed by atoms with Gasteiger partial charge in [0.25, 0.3) is 0 Å². The lowest BCUT2D eigenvalue weighted by atomic mass is 10.2. The molecule has 0 N–H and O–H groups in total. The third-order valence-corrected chi connectivity index (χ3v) is 2.91. The lowest BCUT2D eigenvalue weighted by molar-refractivity contribution is 1.04. The molecule has 0 aliphatic heterocycles. The molecule has 2 rings (SSSR count). The first-order valence-electron chi connectivity index (χ1n) is 4.39. The van der Waals surface area contributed by atoms with Crippen molar-refractivity contribution in [1.82, 2.24) is 4.98 Å². The molecule has 0 saturated heterocycles. The Balaban J connectivity index is 2.33. The first-order chi connectivity index (χ1) is 6.40. The smallest absolute Gasteiger partial charge is 0.0401 e. The number of aromatic nitrogens is 1. The van der Waals surface area contributed by atoms with Gasteiger partial charge in [-0.05, 0) is 23.9 Å². The molecule has 0 aliphatic carbocycles. The Kier molecular flexibility index (Phi) is 2.41. The van der Waals surface area contributed by atoms with Crippen LogP contribution >= 0.6 is 11.3 Å². The molecule has 0 spiro atoms. The fourth-order valence-electron chi connectivity index (χ4n) is 1.22. The second-order valence-corrected chi connectivity index (χ2v) is 3.82. The summed E-state index contributed by atoms with van der Waals surface area (Å²) in [4.78, 5) is 5.65. The van der Waals surface area contributed by atoms with E-state index in [0.29, 0.717) is 0 Å². The lowest BCUT2D eigenvalue weighted by Gasteiger charge is -1.98. The Hall–Kier alpha value is -1.15. The molecule has 0 radical (unpaired) electrons. The van der Waals surface area contributed by atoms with Crippen LogP contribution in [-0.4, -0.2) is 4.98 Å². The standard InChI is InChI=1S/C11H11NS/c1-2-10-6-5-9(8-12-10)11-4-3-7-13-11/h3-8H,2H2,1H3. The minimum atomic E-state index is 1.00. The van der Waals surface area contributed by atoms with E-state index in [9.17, 15) is 0 Å². The predicted octanol–water partition coefficient (Wildman–Crippen LogP) is 3.37. The Morgan fingerprint density at radius 3 is 2.77 bits per heavy atom. The summed E-state index contributed by atoms with van der Waals surface area (Å²) < 4.78 is 0. The number of hydrogen-bond acceptors (Lipinski definition) is 2. The maximum atomic E-state index is 4.36. The van der Waals surface area contributed by atoms with Crippen LogP contribution in [0.2, 0.25) is 0 Å². The lowest BCUT2D eigenvalue weighted by Crippen LogP contribution is -1.85. The van der Waals surface area contributed by atoms with E-state index < -0.39 is 0 Å². The first-order valence-corrected chi connectivity index (χ1v) is 5.27. The van der Waals surface area contributed by atoms with Crippen molar-refractivity contribution in [2.75, 3.05) is 0 Å². The van der Waals surface area contributed by atoms with E-state index in [1.807, 2.05) is 6.20 Å². The maximum Gasteiger partial charge on any atom is 0.0401 e. The highest BCUT2D eigenvalue weighted by Crippen LogP contribution is 2.23. The van der Waals surface area contributed by atoms with Gasteiger partial charge in [-0.15, -0.1) is 11.3 Å². The van der Waals surface area contributed by atoms with Crippen LogP contribution in [0.3, 0.4) is 0 Å². The minimum Gasteiger partial charge on any atom is -0.261 e. The number of aryl methyl sites for hydroxylation is 1. The fourth-order valence-corrected chi connectivity index (χ4v) is 1.94. The van der Waals surface area contributed by atoms with Gasteiger partial charge in [-0.2, -0.15) is 0 Å². The van der Waals surface area contributed by atoms with Gasteiger partial charge >= 0.3 is 0 Å². The van der Waals surface area contributed by atoms with Crippen LogP contribution in [-0.2, 0) is 6.42 Å². The second-order valence-electron chi connectivity index (χ2n) is 2.87. The van der Waals surface area contributed by atoms with Crippen LogP contribution in [0, 0.1) is 0 Å². The zero-order valence-electron chi connectivity index (χ0n) is 7.53. The van der Waals surface area contributed by atoms with Crippen LogP contribution in [0.5, 0.6) is 0 Å². The highest BCUT2D eigenvalue weighted by atomic mass is 32.1. The molecule has 2 aromatic heterocycles. The van der Waals surface area contributed by atoms with Crippen LogP contribution in [0.15, 0.2) is 35.8 Å². The third-order valence-electron chi connectivity index (χ3n) is 1.99. The normalized spacial score (nSPS) is 10.2. The molecule has 0 fully saturated rings. The molecule has 0 aromatic carbocycles. The number of rotatable bonds is 2. The largest absolute Gasteiger partial charge is 0.261 e. The minimum absolute atomic E-state index is 1.00. The van der Waals surface area contributed by atoms with E-state index in [0.717, 1.165) is 12.1 Å². The third kappa shape index (κ3) is 1.78. The van der Waals surface area contributed by atoms with Gasteiger partial charge in [-0.1, -0.05) is 19.1 Å². The van der Waals surface area contributed by atoms with Gasteiger partial charge in [0.1, 0.15) is 0 Å². The molecule has 66 valence electrons. The van der Waals surface area contributed by atoms with Crippen molar-refractivity contribution in [1.29, 1.82) is 0 Å². The average molecular weight is 189 g/mol. The summed E-state index contributed by atoms with van der Waals surface area (Å²) in [7, 11) is 0. The van der Waals surface area contributed by atoms with Crippen LogP contribution in [0.4, 0.5) is 0 Å². The highest BCUT2D eigenvalue weighted by molar-refractivity contribution is 7.13. The topological polar surface area (TPSA) is 12.9 Å². The van der Waals surface area contributed by atoms with Gasteiger partial charge in [0, 0.05) is 22.3 Å². The zero-order valence-corrected chi connectivity index (χ0v) is 8.34. The quantitative estimate of drug-likeness (QED) is 0.705. The monoisotopic (exact) mass is 189 g/mol. The molecule has 0 bridgehead atoms. The molecule has 2 heteroatoms. The molecule has 0 aliphatic rings. The van der Waals surface area contributed by atoms with E-state index in [-0.39, 0.29) is 0 Å². The highest BCUT2D eigenvalue weighted by Gasteiger charge is 1.98. The Morgan fingerprint density at radius 2 is 2.23 bits per heavy atom. The maximum absolute atomic E-state index is 4.36. The predicted molar refractivity (Wildman–Crippen MR) is 56.9 cm³/mol. The molecule has 2 heterocycles. The van der Waals surface area contributed by atoms with E-state index in [1.54, 1.807) is 11.3 Å². The molecule has 0 atom stereocenters. The molecular formula is C11H11NS. The summed E-state index contributed by atoms with van der Waals surface area (Å²) in [5.41, 5.74) is 2.37. The van der Waals surface area contributed by atoms with Crippen molar-refractivity contribution in [2.45, 2.75) is 13.3 Å². The molecule has 2 aromatic rings. The van der Waals surface area contributed by atoms with Crippen LogP contribution in [0.25, 0.3) is 10.4 Å². The Labute approximate surface area is 82.1 Å². The molecule has 0 unspecified atom stereocenters. The van der Waals surface area contributed by atoms with Gasteiger partial charge in [0.05, 0.1) is 0 Å². The van der Waals surface area contributed by atoms with E-state index in [1.165, 1.54) is 10.4 Å². The summed E-state index contributed by atoms with van der Waals surface area (Å²) in [6, 6.07) is 8.41. The average Bonchev–Trinajstić information content (AvgIpc) is 2.71. The number of thiophene rings is 1. The van der Waals surface area contributed by atoms with Crippen molar-refractivity contribution < 1.29 is 0 Å². The molecule has 1 nitrogen and oxygen atoms in total. The summed E-state index contributed by atoms with van der Waals surface area (Å²) in [6.45, 7) is 2.12. The van der Waals surface area contributed by atoms with E-state index in [2.05, 4.69) is 41.6 Å². The van der Waals surface area contributed by atoms with Gasteiger partial charge in [0.2, 0.25) is 0 Å². The van der Waals surface area contributed by atoms with Crippen molar-refractivity contribution in [2.24, 2.45) is 0 Å². The van der Waals surface area contributed by atoms with Crippen molar-refractivity contribution in [3.05, 3.63) is 41.5 Å². The Morgan fingerprint density at radius 1 is 1.31 bits per heavy atom. The van der Waals surface area contributed by atoms with Gasteiger partial charge < -0.3 is 0 Å². The van der Waals surface area contributed by atoms with Crippen molar-refractivity contribution in [3.63, 3.8) is 0 Å². The van der Waals surface area contributed by atoms with Gasteiger partial charge in [0.15, 0.2) is 0 Å². The summed E-state index contributed by atoms with van der Waals surface area (Å²) in [5, 5.41) is 2.09. The van der Waals surface area contributed by atoms with Crippen LogP contribution in [0.1, 0.15) is 12.6 Å². The fraction of sp³-hybridized carbons (Fsp3) is 0.182. The first kappa shape index (κ1) is 8.45. The summed E-state index contributed by atoms with van der Waals surface area (Å²) >= 11 is 1.75. The van der Waals surface area contributed by atoms with E-state index >= 15 is 0 Å². The SMILES string of the molecule is CCc1ccc(-c2cccs2)cn1. The molecule has 0 amide bonds. The zero-order chi connectivity index (χ0) is 9.10. The summed E-state index contributed by atoms with van der Waals surface area (Å²) in [6.07, 6.45) is 2.95. The molecular weight excluding hydrogens is 178 g/mol. The number of hydrogen-bond donors (Lipinski definition) is 0. The van der Waals surface area contributed by atoms with E-state index in [4.69, 9.17) is 0 Å². The van der Waals surface area contributed by atoms with Gasteiger partial charge in [-0.25, -0.2) is 0 Å². The number of pyridine rings is 1. The summed E-state index contributed by atoms with van der Waals surface area (Å²) in [5.74, 6) is 0. The van der Waals surface area contributed by atoms with Crippen molar-refractivity contribution >= 4 is 11.3 Å². The van der Waals surface area contributed by atoms with Crippen LogP contribution < -0.4 is 0 Å². The van der Waals surface area contributed by atoms with Crippen molar-refractivity contribution in [3.8, 4) is 10.4 Å². The van der Waals surface area contributed by atoms with Gasteiger partial charge in [-0.3, -0.25) is 4.98 Å². The number of nitrogens with zero attached hydrogens (tertiary/aromatic N) is 1. The molecule has 0 saturated carbocycles.